The van der Waals surface area contributed by atoms with Gasteiger partial charge in [0.2, 0.25) is 106 Å². The van der Waals surface area contributed by atoms with Gasteiger partial charge < -0.3 is 166 Å². The molecule has 0 spiro atoms. The van der Waals surface area contributed by atoms with Gasteiger partial charge in [0, 0.05) is 57.5 Å². The van der Waals surface area contributed by atoms with Crippen molar-refractivity contribution in [1.82, 2.24) is 35.3 Å². The first kappa shape index (κ1) is 120. The van der Waals surface area contributed by atoms with Crippen LogP contribution in [0.5, 0.6) is 0 Å². The lowest BCUT2D eigenvalue weighted by Gasteiger charge is -2.27. The third-order valence-corrected chi connectivity index (χ3v) is 23.0. The van der Waals surface area contributed by atoms with E-state index in [0.717, 1.165) is 16.7 Å². The van der Waals surface area contributed by atoms with Crippen LogP contribution in [0.4, 0.5) is 0 Å². The lowest BCUT2D eigenvalue weighted by molar-refractivity contribution is -0.142. The number of nitrogens with two attached hydrogens (primary N) is 4. The number of aromatic amines is 1. The van der Waals surface area contributed by atoms with Crippen molar-refractivity contribution in [1.29, 1.82) is 16.2 Å². The number of hydrogen-bond donors (Lipinski definition) is 32. The number of amides is 3. The fourth-order valence-electron chi connectivity index (χ4n) is 14.9. The molecule has 3 amide bonds. The number of aromatic nitrogens is 2. The number of aliphatic hydroxyl groups excluding tert-OH is 18. The Hall–Kier alpha value is -14.6. The number of carboxylic acids is 4. The Kier molecular flexibility index (Phi) is 51.0. The second kappa shape index (κ2) is 61.3. The summed E-state index contributed by atoms with van der Waals surface area (Å²) in [5.41, 5.74) is 23.6. The highest BCUT2D eigenvalue weighted by atomic mass is 32.2. The number of carbonyl (C=O) groups excluding carboxylic acids is 3. The fraction of sp³-hybridized carbons (Fsp3) is 0.655. The number of aliphatic carboxylic acids is 4. The summed E-state index contributed by atoms with van der Waals surface area (Å²) >= 11 is 1.20. The molecule has 800 valence electrons. The van der Waals surface area contributed by atoms with Gasteiger partial charge in [-0.2, -0.15) is 16.8 Å². The number of likely N-dealkylation sites (tertiary alicyclic amines) is 3. The smallest absolute Gasteiger partial charge is 0.331 e. The number of nitrogens with one attached hydrogen (secondary N) is 6. The standard InChI is InChI=1S/C84H134N30O29S/c1-41(67(127)111-66(42(2)115)82(142)143)99-78(138)56-18-10-27-112(56)62(120)39-97-70(130)45(14-4-6-23-85)103-74(134)50(31-43-36-92-40-98-43)107-79(139)57-19-12-29-114(57)80(140)53(32-58(88)116)108-68(128)44(87)13-8-26-94-84(91)110-61(119)38-96-77(137)55-17-11-28-113(55)81(141)54(35-65(125)126)109-76(136)52(34-64(123)124)106-73(133)49(22-30-144-3)100-59(117)21-20-48-72(132)104-47(15-5-7-24-86)71(131)102-46(16-9-25-93-83(89)90)69(129)95-37-60(118)101-51(33-63(121)122)75(135)105-48/h36,40-42,44-57,66,115H,4-35,37-39,85-87H2,1-3H3,(H2,88,116)(H,92,98)(H,95,129)(H,96,137)(H,97,130)(H,99,138)(H,100,117)(H,101,118)(H,102,131)(H,103,134)(H,104,132)(H,105,135)(H,106,133)(H,107,139)(H,108,128)(H,109,136)(H,111,127)(H,121,122)(H,123,124)(H,125,126)(H,142,143)(H4,89,90,93)(H3,91,94,110,119)/t41-,42+,44-,45-,46?,47?,48?,49?,50-,51?,52?,53-,54?,55?,56-,57-,66-/m0/s1. The number of imidazole rings is 1. The molecular weight excluding hydrogens is 1930 g/mol. The summed E-state index contributed by atoms with van der Waals surface area (Å²) < 4.78 is 0. The fourth-order valence-corrected chi connectivity index (χ4v) is 15.4. The van der Waals surface area contributed by atoms with Crippen LogP contribution in [0, 0.1) is 16.2 Å². The van der Waals surface area contributed by atoms with Crippen molar-refractivity contribution in [2.24, 2.45) is 103 Å². The van der Waals surface area contributed by atoms with E-state index >= 15 is 0 Å². The van der Waals surface area contributed by atoms with Crippen molar-refractivity contribution in [3.63, 3.8) is 0 Å². The van der Waals surface area contributed by atoms with Crippen molar-refractivity contribution in [3.05, 3.63) is 18.2 Å². The van der Waals surface area contributed by atoms with E-state index in [1.807, 2.05) is 0 Å². The minimum absolute atomic E-state index is 0.00707. The molecule has 4 aliphatic rings. The number of carbonyl (C=O) groups is 7. The number of thioether (sulfide) groups is 1. The molecule has 8 unspecified atom stereocenters. The minimum atomic E-state index is -2.11. The van der Waals surface area contributed by atoms with E-state index in [1.165, 1.54) is 36.1 Å². The molecule has 3 saturated heterocycles. The van der Waals surface area contributed by atoms with E-state index < -0.39 is 309 Å². The van der Waals surface area contributed by atoms with Crippen LogP contribution < -0.4 is 33.6 Å². The zero-order chi connectivity index (χ0) is 107. The number of hydrogen-bond acceptors (Lipinski definition) is 31. The van der Waals surface area contributed by atoms with Crippen LogP contribution in [0.15, 0.2) is 92.4 Å². The highest BCUT2D eigenvalue weighted by Gasteiger charge is 2.42. The minimum Gasteiger partial charge on any atom is -0.497 e. The molecule has 36 N–H and O–H groups in total. The number of guanidine groups is 2. The monoisotopic (exact) mass is 2060 g/mol. The first-order valence-corrected chi connectivity index (χ1v) is 47.5. The van der Waals surface area contributed by atoms with E-state index in [-0.39, 0.29) is 147 Å². The van der Waals surface area contributed by atoms with E-state index in [1.54, 1.807) is 6.26 Å². The van der Waals surface area contributed by atoms with Gasteiger partial charge in [-0.25, -0.2) is 84.7 Å². The Bertz CT molecular complexity index is 5020. The molecule has 5 rings (SSSR count). The molecule has 4 aliphatic heterocycles. The molecule has 0 radical (unpaired) electrons. The number of rotatable bonds is 57. The number of nitrogens with zero attached hydrogens (tertiary/aromatic N) is 20. The lowest BCUT2D eigenvalue weighted by atomic mass is 10.1. The average molecular weight is 2060 g/mol. The lowest BCUT2D eigenvalue weighted by Crippen LogP contribution is -2.46. The number of aliphatic hydroxyl groups is 18. The number of unbranched alkanes of at least 4 members (excludes halogenated alkanes) is 2. The highest BCUT2D eigenvalue weighted by Crippen LogP contribution is 2.27. The molecule has 0 bridgehead atoms. The molecule has 0 saturated carbocycles. The van der Waals surface area contributed by atoms with Crippen LogP contribution in [0.3, 0.4) is 0 Å². The van der Waals surface area contributed by atoms with Gasteiger partial charge in [0.25, 0.3) is 0 Å². The molecule has 1 aromatic rings. The molecule has 60 heteroatoms. The van der Waals surface area contributed by atoms with Gasteiger partial charge in [-0.3, -0.25) is 45.0 Å². The summed E-state index contributed by atoms with van der Waals surface area (Å²) in [5.74, 6) is -25.0. The number of carboxylic acid groups (broad SMARTS) is 4. The van der Waals surface area contributed by atoms with Gasteiger partial charge in [0.1, 0.15) is 104 Å². The summed E-state index contributed by atoms with van der Waals surface area (Å²) in [6, 6.07) is -24.7. The van der Waals surface area contributed by atoms with Gasteiger partial charge in [-0.05, 0) is 155 Å². The molecule has 0 aliphatic carbocycles. The molecule has 0 aromatic carbocycles. The van der Waals surface area contributed by atoms with E-state index in [4.69, 9.17) is 39.2 Å². The van der Waals surface area contributed by atoms with Crippen molar-refractivity contribution in [2.45, 2.75) is 271 Å². The maximum atomic E-state index is 14.4. The molecule has 144 heavy (non-hydrogen) atoms. The Morgan fingerprint density at radius 2 is 1.04 bits per heavy atom. The van der Waals surface area contributed by atoms with Crippen molar-refractivity contribution < 1.29 is 146 Å². The van der Waals surface area contributed by atoms with Gasteiger partial charge in [0.05, 0.1) is 44.2 Å². The summed E-state index contributed by atoms with van der Waals surface area (Å²) in [6.07, 6.45) is -0.557. The van der Waals surface area contributed by atoms with Crippen LogP contribution in [-0.2, 0) is 40.0 Å². The average Bonchev–Trinajstić information content (AvgIpc) is 1.66. The first-order valence-electron chi connectivity index (χ1n) is 46.1. The Balaban J connectivity index is 1.28. The topological polar surface area (TPSA) is 1000 Å². The van der Waals surface area contributed by atoms with Crippen LogP contribution in [0.1, 0.15) is 167 Å². The molecular formula is C84H134N30O29S. The van der Waals surface area contributed by atoms with Crippen LogP contribution in [0.25, 0.3) is 0 Å². The Morgan fingerprint density at radius 1 is 0.521 bits per heavy atom. The summed E-state index contributed by atoms with van der Waals surface area (Å²) in [6.45, 7) is 0.356. The number of aliphatic imine (C=N–C) groups is 16. The second-order valence-electron chi connectivity index (χ2n) is 33.6. The van der Waals surface area contributed by atoms with Crippen LogP contribution in [0.2, 0.25) is 0 Å². The zero-order valence-electron chi connectivity index (χ0n) is 79.6. The summed E-state index contributed by atoms with van der Waals surface area (Å²) in [5, 5.41) is 269. The first-order chi connectivity index (χ1) is 68.2. The third kappa shape index (κ3) is 41.2. The number of H-pyrrole nitrogens is 1. The maximum absolute atomic E-state index is 14.4. The van der Waals surface area contributed by atoms with Gasteiger partial charge in [-0.1, -0.05) is 0 Å². The van der Waals surface area contributed by atoms with Crippen LogP contribution >= 0.6 is 11.8 Å². The van der Waals surface area contributed by atoms with E-state index in [2.05, 4.69) is 100 Å². The summed E-state index contributed by atoms with van der Waals surface area (Å²) in [4.78, 5) is 165. The van der Waals surface area contributed by atoms with Crippen molar-refractivity contribution in [2.75, 3.05) is 77.5 Å². The Labute approximate surface area is 828 Å². The van der Waals surface area contributed by atoms with E-state index in [9.17, 15) is 146 Å². The van der Waals surface area contributed by atoms with Crippen molar-refractivity contribution >= 4 is 166 Å². The van der Waals surface area contributed by atoms with E-state index in [0.29, 0.717) is 31.4 Å². The predicted molar refractivity (Wildman–Crippen MR) is 534 cm³/mol. The van der Waals surface area contributed by atoms with Crippen molar-refractivity contribution in [3.8, 4) is 0 Å². The normalized spacial score (nSPS) is 21.7. The summed E-state index contributed by atoms with van der Waals surface area (Å²) in [7, 11) is 0. The van der Waals surface area contributed by atoms with Gasteiger partial charge >= 0.3 is 23.9 Å². The molecule has 3 fully saturated rings. The second-order valence-corrected chi connectivity index (χ2v) is 34.6. The Morgan fingerprint density at radius 3 is 1.62 bits per heavy atom. The SMILES string of the molecule is CSCCC(N=C(O)CCC1N=C(O)C(CC(=O)O)N=C(O)CN=C(O)C(CCCNC(=N)N)N=C(O)C(CCCCN)N=C1O)C(O)=NC(CC(=O)O)C(O)=NC(CC(=O)O)C(=O)N1CCCC1C(O)=NCC(O)=NC(=N)NCCC[C@H](N)C(O)=N[C@@H](CC(=N)O)C(=O)N1CCC[C@H]1C(O)=N[C@@H](Cc1cnc[nH]1)C(O)=N[C@@H](CCCCN)C(O)=NCC(=O)N1CCC[C@H]1C(O)=N[C@@H](C)C(O)=N[C@H](C(=O)O)[C@@H](C)O. The predicted octanol–water partition coefficient (Wildman–Crippen LogP) is 1.19. The molecule has 17 atom stereocenters. The third-order valence-electron chi connectivity index (χ3n) is 22.3. The largest absolute Gasteiger partial charge is 0.497 e. The van der Waals surface area contributed by atoms with Gasteiger partial charge in [0.15, 0.2) is 29.7 Å². The van der Waals surface area contributed by atoms with Gasteiger partial charge in [-0.15, -0.1) is 0 Å². The van der Waals surface area contributed by atoms with Crippen LogP contribution in [-0.4, -0.2) is 471 Å². The zero-order valence-corrected chi connectivity index (χ0v) is 80.4. The maximum Gasteiger partial charge on any atom is 0.331 e. The highest BCUT2D eigenvalue weighted by molar-refractivity contribution is 7.98. The molecule has 1 aromatic heterocycles. The molecule has 59 nitrogen and oxygen atoms in total. The quantitative estimate of drug-likeness (QED) is 0.0247. The molecule has 5 heterocycles.